The largest absolute Gasteiger partial charge is 0.489 e. The number of anilines is 2. The molecule has 3 aromatic rings. The van der Waals surface area contributed by atoms with E-state index in [1.807, 2.05) is 85.8 Å². The molecule has 0 saturated heterocycles. The Kier molecular flexibility index (Phi) is 6.40. The van der Waals surface area contributed by atoms with Crippen LogP contribution < -0.4 is 15.0 Å². The maximum absolute atomic E-state index is 13.7. The van der Waals surface area contributed by atoms with Crippen molar-refractivity contribution in [2.45, 2.75) is 52.7 Å². The van der Waals surface area contributed by atoms with Crippen LogP contribution in [0.1, 0.15) is 57.2 Å². The van der Waals surface area contributed by atoms with Crippen LogP contribution in [0.5, 0.6) is 5.75 Å². The average Bonchev–Trinajstić information content (AvgIpc) is 3.01. The highest BCUT2D eigenvalue weighted by Gasteiger charge is 2.43. The van der Waals surface area contributed by atoms with Gasteiger partial charge in [-0.3, -0.25) is 14.5 Å². The fraction of sp³-hybridized carbons (Fsp3) is 0.290. The van der Waals surface area contributed by atoms with Gasteiger partial charge in [0.2, 0.25) is 5.91 Å². The molecule has 184 valence electrons. The number of Topliss-reactive ketones (excluding diaryl/α,β-unsaturated/α-hetero) is 1. The lowest BCUT2D eigenvalue weighted by molar-refractivity contribution is -0.119. The second-order valence-electron chi connectivity index (χ2n) is 10.3. The Hall–Kier alpha value is -3.86. The minimum atomic E-state index is -0.535. The molecule has 1 aliphatic heterocycles. The lowest BCUT2D eigenvalue weighted by Gasteiger charge is -2.37. The smallest absolute Gasteiger partial charge is 0.227 e. The summed E-state index contributed by atoms with van der Waals surface area (Å²) in [4.78, 5) is 29.0. The first-order valence-electron chi connectivity index (χ1n) is 12.6. The number of carbonyl (C=O) groups excluding carboxylic acids is 2. The number of para-hydroxylation sites is 2. The Balaban J connectivity index is 1.63. The molecule has 0 aromatic heterocycles. The molecule has 1 unspecified atom stereocenters. The molecule has 5 rings (SSSR count). The molecule has 3 aromatic carbocycles. The highest BCUT2D eigenvalue weighted by atomic mass is 16.5. The molecule has 0 spiro atoms. The third-order valence-electron chi connectivity index (χ3n) is 6.89. The number of amides is 1. The maximum Gasteiger partial charge on any atom is 0.227 e. The molecule has 36 heavy (non-hydrogen) atoms. The van der Waals surface area contributed by atoms with E-state index < -0.39 is 6.04 Å². The van der Waals surface area contributed by atoms with E-state index in [-0.39, 0.29) is 17.1 Å². The normalized spacial score (nSPS) is 18.6. The van der Waals surface area contributed by atoms with Crippen molar-refractivity contribution in [3.63, 3.8) is 0 Å². The van der Waals surface area contributed by atoms with Crippen LogP contribution in [-0.4, -0.2) is 11.7 Å². The molecular formula is C31H32N2O3. The molecule has 1 atom stereocenters. The van der Waals surface area contributed by atoms with Gasteiger partial charge in [0, 0.05) is 24.1 Å². The first-order chi connectivity index (χ1) is 17.4. The minimum Gasteiger partial charge on any atom is -0.489 e. The number of fused-ring (bicyclic) bond motifs is 1. The quantitative estimate of drug-likeness (QED) is 0.435. The fourth-order valence-electron chi connectivity index (χ4n) is 5.26. The second-order valence-corrected chi connectivity index (χ2v) is 10.3. The number of ketones is 1. The van der Waals surface area contributed by atoms with Crippen molar-refractivity contribution in [3.8, 4) is 5.75 Å². The summed E-state index contributed by atoms with van der Waals surface area (Å²) in [5.41, 5.74) is 4.98. The number of nitrogens with one attached hydrogen (secondary N) is 1. The van der Waals surface area contributed by atoms with Crippen LogP contribution in [0.2, 0.25) is 0 Å². The SMILES string of the molecule is CCC(=O)N1c2ccccc2NC2=C(C(=O)CC(C)(C)C2)C1c1cccc(OCc2ccccc2)c1. The number of carbonyl (C=O) groups is 2. The summed E-state index contributed by atoms with van der Waals surface area (Å²) in [6.45, 7) is 6.54. The Bertz CT molecular complexity index is 1330. The summed E-state index contributed by atoms with van der Waals surface area (Å²) in [6.07, 6.45) is 1.51. The maximum atomic E-state index is 13.7. The predicted molar refractivity (Wildman–Crippen MR) is 143 cm³/mol. The fourth-order valence-corrected chi connectivity index (χ4v) is 5.26. The number of ether oxygens (including phenoxy) is 1. The van der Waals surface area contributed by atoms with E-state index in [0.29, 0.717) is 30.8 Å². The Morgan fingerprint density at radius 1 is 1.00 bits per heavy atom. The zero-order valence-electron chi connectivity index (χ0n) is 21.1. The molecule has 5 nitrogen and oxygen atoms in total. The number of benzene rings is 3. The van der Waals surface area contributed by atoms with E-state index in [9.17, 15) is 9.59 Å². The van der Waals surface area contributed by atoms with E-state index in [0.717, 1.165) is 34.6 Å². The number of rotatable bonds is 5. The lowest BCUT2D eigenvalue weighted by Crippen LogP contribution is -2.39. The standard InChI is InChI=1S/C31H32N2O3/c1-4-28(35)33-26-16-9-8-15-24(26)32-25-18-31(2,3)19-27(34)29(25)30(33)22-13-10-14-23(17-22)36-20-21-11-6-5-7-12-21/h5-17,30,32H,4,18-20H2,1-3H3. The van der Waals surface area contributed by atoms with Gasteiger partial charge in [-0.2, -0.15) is 0 Å². The first kappa shape index (κ1) is 23.9. The van der Waals surface area contributed by atoms with Gasteiger partial charge in [-0.15, -0.1) is 0 Å². The number of allylic oxidation sites excluding steroid dienone is 1. The molecule has 0 fully saturated rings. The van der Waals surface area contributed by atoms with Crippen molar-refractivity contribution in [2.75, 3.05) is 10.2 Å². The Labute approximate surface area is 212 Å². The summed E-state index contributed by atoms with van der Waals surface area (Å²) in [7, 11) is 0. The molecule has 5 heteroatoms. The third-order valence-corrected chi connectivity index (χ3v) is 6.89. The summed E-state index contributed by atoms with van der Waals surface area (Å²) in [5.74, 6) is 0.754. The number of hydrogen-bond donors (Lipinski definition) is 1. The Morgan fingerprint density at radius 3 is 2.53 bits per heavy atom. The van der Waals surface area contributed by atoms with Crippen LogP contribution in [0.25, 0.3) is 0 Å². The molecule has 0 bridgehead atoms. The van der Waals surface area contributed by atoms with Crippen LogP contribution in [0, 0.1) is 5.41 Å². The van der Waals surface area contributed by atoms with Gasteiger partial charge in [-0.25, -0.2) is 0 Å². The highest BCUT2D eigenvalue weighted by Crippen LogP contribution is 2.48. The van der Waals surface area contributed by atoms with Crippen molar-refractivity contribution >= 4 is 23.1 Å². The van der Waals surface area contributed by atoms with Gasteiger partial charge in [-0.05, 0) is 47.2 Å². The van der Waals surface area contributed by atoms with E-state index in [1.54, 1.807) is 4.90 Å². The number of nitrogens with zero attached hydrogens (tertiary/aromatic N) is 1. The van der Waals surface area contributed by atoms with Crippen LogP contribution in [-0.2, 0) is 16.2 Å². The predicted octanol–water partition coefficient (Wildman–Crippen LogP) is 6.82. The zero-order chi connectivity index (χ0) is 25.3. The van der Waals surface area contributed by atoms with Crippen molar-refractivity contribution in [1.29, 1.82) is 0 Å². The van der Waals surface area contributed by atoms with Crippen molar-refractivity contribution in [1.82, 2.24) is 0 Å². The van der Waals surface area contributed by atoms with E-state index in [2.05, 4.69) is 19.2 Å². The molecule has 1 amide bonds. The van der Waals surface area contributed by atoms with Gasteiger partial charge in [0.1, 0.15) is 12.4 Å². The van der Waals surface area contributed by atoms with E-state index in [4.69, 9.17) is 4.74 Å². The molecule has 2 aliphatic rings. The topological polar surface area (TPSA) is 58.6 Å². The van der Waals surface area contributed by atoms with Gasteiger partial charge < -0.3 is 10.1 Å². The summed E-state index contributed by atoms with van der Waals surface area (Å²) < 4.78 is 6.12. The van der Waals surface area contributed by atoms with Crippen LogP contribution in [0.15, 0.2) is 90.1 Å². The first-order valence-corrected chi connectivity index (χ1v) is 12.6. The summed E-state index contributed by atoms with van der Waals surface area (Å²) >= 11 is 0. The van der Waals surface area contributed by atoms with Crippen LogP contribution in [0.3, 0.4) is 0 Å². The molecular weight excluding hydrogens is 448 g/mol. The van der Waals surface area contributed by atoms with Crippen molar-refractivity contribution < 1.29 is 14.3 Å². The summed E-state index contributed by atoms with van der Waals surface area (Å²) in [6, 6.07) is 25.1. The highest BCUT2D eigenvalue weighted by molar-refractivity contribution is 6.06. The third kappa shape index (κ3) is 4.66. The summed E-state index contributed by atoms with van der Waals surface area (Å²) in [5, 5.41) is 3.55. The Morgan fingerprint density at radius 2 is 1.75 bits per heavy atom. The van der Waals surface area contributed by atoms with E-state index in [1.165, 1.54) is 0 Å². The van der Waals surface area contributed by atoms with Crippen LogP contribution >= 0.6 is 0 Å². The van der Waals surface area contributed by atoms with Gasteiger partial charge in [0.05, 0.1) is 17.4 Å². The average molecular weight is 481 g/mol. The van der Waals surface area contributed by atoms with Crippen molar-refractivity contribution in [3.05, 3.63) is 101 Å². The van der Waals surface area contributed by atoms with Crippen LogP contribution in [0.4, 0.5) is 11.4 Å². The van der Waals surface area contributed by atoms with Gasteiger partial charge in [-0.1, -0.05) is 75.4 Å². The molecule has 0 radical (unpaired) electrons. The lowest BCUT2D eigenvalue weighted by atomic mass is 9.73. The minimum absolute atomic E-state index is 0.0313. The van der Waals surface area contributed by atoms with Gasteiger partial charge >= 0.3 is 0 Å². The molecule has 1 aliphatic carbocycles. The monoisotopic (exact) mass is 480 g/mol. The van der Waals surface area contributed by atoms with Gasteiger partial charge in [0.15, 0.2) is 5.78 Å². The van der Waals surface area contributed by atoms with Crippen molar-refractivity contribution in [2.24, 2.45) is 5.41 Å². The second kappa shape index (κ2) is 9.65. The molecule has 1 N–H and O–H groups in total. The number of hydrogen-bond acceptors (Lipinski definition) is 4. The molecule has 1 heterocycles. The zero-order valence-corrected chi connectivity index (χ0v) is 21.1. The van der Waals surface area contributed by atoms with Gasteiger partial charge in [0.25, 0.3) is 0 Å². The molecule has 0 saturated carbocycles. The van der Waals surface area contributed by atoms with E-state index >= 15 is 0 Å².